The average Bonchev–Trinajstić information content (AvgIpc) is 2.03. The molecule has 2 amide bonds. The van der Waals surface area contributed by atoms with E-state index in [0.717, 1.165) is 0 Å². The molecule has 13 heavy (non-hydrogen) atoms. The minimum absolute atomic E-state index is 0.267. The van der Waals surface area contributed by atoms with Gasteiger partial charge in [-0.25, -0.2) is 0 Å². The van der Waals surface area contributed by atoms with Crippen molar-refractivity contribution in [1.29, 1.82) is 0 Å². The Morgan fingerprint density at radius 2 is 1.23 bits per heavy atom. The Bertz CT molecular complexity index is 297. The van der Waals surface area contributed by atoms with E-state index in [1.165, 1.54) is 0 Å². The molecule has 0 aromatic rings. The van der Waals surface area contributed by atoms with Gasteiger partial charge in [-0.15, -0.1) is 0 Å². The Labute approximate surface area is 82.6 Å². The van der Waals surface area contributed by atoms with Crippen LogP contribution in [-0.4, -0.2) is 21.5 Å². The number of carbonyl (C=O) groups is 2. The van der Waals surface area contributed by atoms with Crippen LogP contribution in [0, 0.1) is 0 Å². The number of hydrogen-bond donors (Lipinski definition) is 2. The molecule has 0 aliphatic carbocycles. The quantitative estimate of drug-likeness (QED) is 0.655. The number of carbonyl (C=O) groups excluding carboxylic acids is 2. The molecule has 2 aliphatic heterocycles. The van der Waals surface area contributed by atoms with Crippen molar-refractivity contribution >= 4 is 21.5 Å². The van der Waals surface area contributed by atoms with E-state index in [1.54, 1.807) is 0 Å². The van der Waals surface area contributed by atoms with Crippen molar-refractivity contribution in [3.8, 4) is 0 Å². The van der Waals surface area contributed by atoms with Crippen molar-refractivity contribution in [2.75, 3.05) is 0 Å². The number of hydrogen-bond acceptors (Lipinski definition) is 2. The maximum absolute atomic E-state index is 11.4. The first-order valence-corrected chi connectivity index (χ1v) is 20.2. The number of amides is 2. The second-order valence-corrected chi connectivity index (χ2v) is 47.5. The SMILES string of the molecule is C[Si]1(C)C(=O)[NH][Zr]12[NH]C(=O)[Si]2(C)C. The van der Waals surface area contributed by atoms with E-state index >= 15 is 0 Å². The van der Waals surface area contributed by atoms with Crippen molar-refractivity contribution in [2.24, 2.45) is 0 Å². The molecular weight excluding hydrogens is 279 g/mol. The molecule has 0 unspecified atom stereocenters. The summed E-state index contributed by atoms with van der Waals surface area (Å²) in [6.45, 7) is 8.48. The Morgan fingerprint density at radius 3 is 1.38 bits per heavy atom. The van der Waals surface area contributed by atoms with Crippen LogP contribution in [0.1, 0.15) is 0 Å². The normalized spacial score (nSPS) is 31.4. The molecule has 2 aliphatic rings. The van der Waals surface area contributed by atoms with Gasteiger partial charge in [0.25, 0.3) is 0 Å². The summed E-state index contributed by atoms with van der Waals surface area (Å²) in [5, 5.41) is -3.42. The fourth-order valence-electron chi connectivity index (χ4n) is 2.31. The van der Waals surface area contributed by atoms with E-state index in [-0.39, 0.29) is 11.1 Å². The third kappa shape index (κ3) is 0.796. The number of nitrogens with one attached hydrogen (secondary N) is 2. The van der Waals surface area contributed by atoms with Crippen molar-refractivity contribution in [3.05, 3.63) is 0 Å². The summed E-state index contributed by atoms with van der Waals surface area (Å²) >= 11 is -2.59. The van der Waals surface area contributed by atoms with Gasteiger partial charge in [0.15, 0.2) is 0 Å². The van der Waals surface area contributed by atoms with Gasteiger partial charge in [0, 0.05) is 0 Å². The molecule has 0 atom stereocenters. The summed E-state index contributed by atoms with van der Waals surface area (Å²) in [5.41, 5.74) is 0.535. The summed E-state index contributed by atoms with van der Waals surface area (Å²) in [7, 11) is 0. The van der Waals surface area contributed by atoms with E-state index < -0.39 is 29.6 Å². The minimum atomic E-state index is -2.59. The first-order chi connectivity index (χ1) is 5.76. The van der Waals surface area contributed by atoms with Gasteiger partial charge in [-0.05, 0) is 0 Å². The molecule has 0 bridgehead atoms. The predicted molar refractivity (Wildman–Crippen MR) is 52.0 cm³/mol. The van der Waals surface area contributed by atoms with Crippen molar-refractivity contribution in [2.45, 2.75) is 26.2 Å². The molecule has 2 heterocycles. The Hall–Kier alpha value is 0.257. The van der Waals surface area contributed by atoms with Crippen LogP contribution in [0.15, 0.2) is 0 Å². The third-order valence-electron chi connectivity index (χ3n) is 3.61. The van der Waals surface area contributed by atoms with Crippen molar-refractivity contribution in [3.63, 3.8) is 0 Å². The zero-order valence-corrected chi connectivity index (χ0v) is 12.8. The van der Waals surface area contributed by atoms with Crippen LogP contribution in [0.3, 0.4) is 0 Å². The van der Waals surface area contributed by atoms with Crippen LogP contribution in [0.5, 0.6) is 0 Å². The summed E-state index contributed by atoms with van der Waals surface area (Å²) in [5.74, 6) is 0. The van der Waals surface area contributed by atoms with E-state index in [4.69, 9.17) is 0 Å². The van der Waals surface area contributed by atoms with Gasteiger partial charge in [-0.2, -0.15) is 0 Å². The van der Waals surface area contributed by atoms with E-state index in [1.807, 2.05) is 0 Å². The Balaban J connectivity index is 2.38. The van der Waals surface area contributed by atoms with E-state index in [2.05, 4.69) is 32.7 Å². The first-order valence-electron chi connectivity index (χ1n) is 4.41. The summed E-state index contributed by atoms with van der Waals surface area (Å²) < 4.78 is 6.26. The second kappa shape index (κ2) is 2.25. The average molecular weight is 294 g/mol. The van der Waals surface area contributed by atoms with Gasteiger partial charge >= 0.3 is 82.9 Å². The summed E-state index contributed by atoms with van der Waals surface area (Å²) in [4.78, 5) is 22.9. The molecule has 7 heteroatoms. The van der Waals surface area contributed by atoms with Crippen LogP contribution >= 0.6 is 0 Å². The molecule has 2 fully saturated rings. The summed E-state index contributed by atoms with van der Waals surface area (Å²) in [6, 6.07) is 0. The van der Waals surface area contributed by atoms with Gasteiger partial charge in [0.2, 0.25) is 0 Å². The molecule has 2 N–H and O–H groups in total. The molecule has 0 radical (unpaired) electrons. The third-order valence-corrected chi connectivity index (χ3v) is 70.2. The van der Waals surface area contributed by atoms with Crippen LogP contribution < -0.4 is 6.52 Å². The summed E-state index contributed by atoms with van der Waals surface area (Å²) in [6.07, 6.45) is 0. The van der Waals surface area contributed by atoms with Gasteiger partial charge in [0.1, 0.15) is 0 Å². The fraction of sp³-hybridized carbons (Fsp3) is 0.667. The van der Waals surface area contributed by atoms with E-state index in [9.17, 15) is 9.59 Å². The second-order valence-electron chi connectivity index (χ2n) is 4.91. The predicted octanol–water partition coefficient (Wildman–Crippen LogP) is 0.990. The molecule has 4 nitrogen and oxygen atoms in total. The Kier molecular flexibility index (Phi) is 1.70. The molecule has 2 rings (SSSR count). The van der Waals surface area contributed by atoms with Crippen molar-refractivity contribution < 1.29 is 28.8 Å². The van der Waals surface area contributed by atoms with E-state index in [0.29, 0.717) is 0 Å². The molecule has 0 saturated carbocycles. The fourth-order valence-corrected chi connectivity index (χ4v) is 73.9. The maximum atomic E-state index is 11.4. The molecular formula is C6H14N2O2Si2Zr. The molecule has 0 aromatic heterocycles. The molecule has 1 spiro atoms. The van der Waals surface area contributed by atoms with Crippen LogP contribution in [-0.2, 0) is 19.2 Å². The Morgan fingerprint density at radius 1 is 0.923 bits per heavy atom. The number of rotatable bonds is 0. The molecule has 0 aromatic carbocycles. The topological polar surface area (TPSA) is 58.2 Å². The van der Waals surface area contributed by atoms with Crippen LogP contribution in [0.2, 0.25) is 26.2 Å². The van der Waals surface area contributed by atoms with Gasteiger partial charge in [-0.3, -0.25) is 0 Å². The van der Waals surface area contributed by atoms with Crippen molar-refractivity contribution in [1.82, 2.24) is 6.52 Å². The first kappa shape index (κ1) is 9.80. The zero-order chi connectivity index (χ0) is 10.1. The van der Waals surface area contributed by atoms with Gasteiger partial charge in [-0.1, -0.05) is 0 Å². The zero-order valence-electron chi connectivity index (χ0n) is 8.32. The van der Waals surface area contributed by atoms with Crippen LogP contribution in [0.25, 0.3) is 0 Å². The van der Waals surface area contributed by atoms with Gasteiger partial charge in [0.05, 0.1) is 0 Å². The van der Waals surface area contributed by atoms with Crippen LogP contribution in [0.4, 0.5) is 9.59 Å². The molecule has 2 saturated heterocycles. The standard InChI is InChI=1S/2C3H8NOSi.Zr/c2*1-6(2)3(4)5;/h2*1-2H3,(H2,4,5);/q;;+2/p-2. The van der Waals surface area contributed by atoms with Gasteiger partial charge < -0.3 is 0 Å². The monoisotopic (exact) mass is 292 g/mol. The molecule has 72 valence electrons.